The van der Waals surface area contributed by atoms with E-state index in [0.717, 1.165) is 5.56 Å². The van der Waals surface area contributed by atoms with Crippen molar-refractivity contribution < 1.29 is 19.0 Å². The van der Waals surface area contributed by atoms with Gasteiger partial charge in [-0.05, 0) is 35.4 Å². The van der Waals surface area contributed by atoms with Crippen molar-refractivity contribution in [2.75, 3.05) is 7.11 Å². The van der Waals surface area contributed by atoms with E-state index in [1.54, 1.807) is 31.4 Å². The first-order chi connectivity index (χ1) is 8.61. The highest BCUT2D eigenvalue weighted by molar-refractivity contribution is 5.87. The number of halogens is 1. The van der Waals surface area contributed by atoms with E-state index in [-0.39, 0.29) is 0 Å². The van der Waals surface area contributed by atoms with Crippen LogP contribution < -0.4 is 9.84 Å². The summed E-state index contributed by atoms with van der Waals surface area (Å²) < 4.78 is 18.6. The molecule has 0 N–H and O–H groups in total. The summed E-state index contributed by atoms with van der Waals surface area (Å²) >= 11 is 0. The van der Waals surface area contributed by atoms with E-state index in [9.17, 15) is 14.3 Å². The van der Waals surface area contributed by atoms with Crippen molar-refractivity contribution in [2.24, 2.45) is 0 Å². The molecule has 0 aliphatic carbocycles. The van der Waals surface area contributed by atoms with Crippen LogP contribution in [0.3, 0.4) is 0 Å². The van der Waals surface area contributed by atoms with Crippen molar-refractivity contribution >= 4 is 5.97 Å². The number of carbonyl (C=O) groups is 1. The van der Waals surface area contributed by atoms with Crippen LogP contribution in [0.4, 0.5) is 4.39 Å². The fraction of sp³-hybridized carbons (Fsp3) is 0.0714. The van der Waals surface area contributed by atoms with Crippen LogP contribution in [-0.2, 0) is 0 Å². The number of benzene rings is 2. The molecule has 0 aromatic heterocycles. The number of rotatable bonds is 3. The van der Waals surface area contributed by atoms with E-state index in [1.807, 2.05) is 0 Å². The minimum absolute atomic E-state index is 0.443. The molecule has 4 heteroatoms. The Hall–Kier alpha value is -2.36. The predicted octanol–water partition coefficient (Wildman–Crippen LogP) is 1.86. The van der Waals surface area contributed by atoms with Gasteiger partial charge in [0.15, 0.2) is 0 Å². The molecule has 18 heavy (non-hydrogen) atoms. The molecule has 0 atom stereocenters. The fourth-order valence-electron chi connectivity index (χ4n) is 1.66. The third-order valence-corrected chi connectivity index (χ3v) is 2.59. The van der Waals surface area contributed by atoms with Crippen molar-refractivity contribution in [3.05, 3.63) is 53.8 Å². The first kappa shape index (κ1) is 12.1. The zero-order valence-corrected chi connectivity index (χ0v) is 9.64. The van der Waals surface area contributed by atoms with Crippen molar-refractivity contribution in [3.8, 4) is 16.9 Å². The monoisotopic (exact) mass is 245 g/mol. The van der Waals surface area contributed by atoms with E-state index >= 15 is 0 Å². The van der Waals surface area contributed by atoms with Crippen molar-refractivity contribution in [1.82, 2.24) is 0 Å². The number of carboxylic acid groups (broad SMARTS) is 1. The lowest BCUT2D eigenvalue weighted by Crippen LogP contribution is -2.23. The van der Waals surface area contributed by atoms with Gasteiger partial charge in [0, 0.05) is 5.56 Å². The second-order valence-electron chi connectivity index (χ2n) is 3.71. The molecule has 0 saturated carbocycles. The summed E-state index contributed by atoms with van der Waals surface area (Å²) in [6.45, 7) is 0. The maximum atomic E-state index is 13.5. The summed E-state index contributed by atoms with van der Waals surface area (Å²) in [5.74, 6) is -1.68. The maximum absolute atomic E-state index is 13.5. The lowest BCUT2D eigenvalue weighted by molar-refractivity contribution is -0.255. The van der Waals surface area contributed by atoms with Crippen LogP contribution in [0.5, 0.6) is 5.75 Å². The van der Waals surface area contributed by atoms with Crippen molar-refractivity contribution in [1.29, 1.82) is 0 Å². The highest BCUT2D eigenvalue weighted by Crippen LogP contribution is 2.25. The van der Waals surface area contributed by atoms with Gasteiger partial charge in [0.2, 0.25) is 0 Å². The number of carbonyl (C=O) groups excluding carboxylic acids is 1. The zero-order chi connectivity index (χ0) is 13.1. The summed E-state index contributed by atoms with van der Waals surface area (Å²) in [6, 6.07) is 11.0. The van der Waals surface area contributed by atoms with Crippen LogP contribution in [0.1, 0.15) is 10.4 Å². The molecule has 0 radical (unpaired) electrons. The third kappa shape index (κ3) is 2.32. The van der Waals surface area contributed by atoms with E-state index < -0.39 is 17.3 Å². The second kappa shape index (κ2) is 4.87. The Balaban J connectivity index is 2.45. The summed E-state index contributed by atoms with van der Waals surface area (Å²) in [7, 11) is 1.54. The van der Waals surface area contributed by atoms with E-state index in [4.69, 9.17) is 4.74 Å². The molecule has 0 fully saturated rings. The Morgan fingerprint density at radius 1 is 1.17 bits per heavy atom. The van der Waals surface area contributed by atoms with E-state index in [1.165, 1.54) is 18.2 Å². The van der Waals surface area contributed by atoms with Crippen LogP contribution in [0, 0.1) is 5.82 Å². The van der Waals surface area contributed by atoms with E-state index in [2.05, 4.69) is 0 Å². The minimum Gasteiger partial charge on any atom is -0.545 e. The third-order valence-electron chi connectivity index (χ3n) is 2.59. The molecule has 2 aromatic rings. The van der Waals surface area contributed by atoms with Gasteiger partial charge in [-0.1, -0.05) is 18.2 Å². The minimum atomic E-state index is -1.52. The van der Waals surface area contributed by atoms with Gasteiger partial charge < -0.3 is 14.6 Å². The van der Waals surface area contributed by atoms with Gasteiger partial charge in [0.05, 0.1) is 13.1 Å². The number of hydrogen-bond acceptors (Lipinski definition) is 3. The average Bonchev–Trinajstić information content (AvgIpc) is 2.38. The summed E-state index contributed by atoms with van der Waals surface area (Å²) in [5.41, 5.74) is 0.885. The molecule has 0 saturated heterocycles. The summed E-state index contributed by atoms with van der Waals surface area (Å²) in [4.78, 5) is 10.6. The van der Waals surface area contributed by atoms with Crippen LogP contribution in [0.25, 0.3) is 11.1 Å². The highest BCUT2D eigenvalue weighted by Gasteiger charge is 2.06. The first-order valence-electron chi connectivity index (χ1n) is 5.27. The lowest BCUT2D eigenvalue weighted by atomic mass is 10.0. The highest BCUT2D eigenvalue weighted by atomic mass is 19.1. The molecule has 0 bridgehead atoms. The number of hydrogen-bond donors (Lipinski definition) is 0. The topological polar surface area (TPSA) is 49.4 Å². The van der Waals surface area contributed by atoms with Gasteiger partial charge in [-0.25, -0.2) is 4.39 Å². The molecular formula is C14H10FO3-. The molecule has 3 nitrogen and oxygen atoms in total. The number of aromatic carboxylic acids is 1. The quantitative estimate of drug-likeness (QED) is 0.829. The van der Waals surface area contributed by atoms with Crippen LogP contribution >= 0.6 is 0 Å². The fourth-order valence-corrected chi connectivity index (χ4v) is 1.66. The summed E-state index contributed by atoms with van der Waals surface area (Å²) in [6.07, 6.45) is 0. The summed E-state index contributed by atoms with van der Waals surface area (Å²) in [5, 5.41) is 10.6. The SMILES string of the molecule is COc1cccc(-c2ccc(C(=O)[O-])c(F)c2)c1. The number of ether oxygens (including phenoxy) is 1. The van der Waals surface area contributed by atoms with Gasteiger partial charge in [-0.15, -0.1) is 0 Å². The molecular weight excluding hydrogens is 235 g/mol. The second-order valence-corrected chi connectivity index (χ2v) is 3.71. The van der Waals surface area contributed by atoms with Crippen LogP contribution in [-0.4, -0.2) is 13.1 Å². The van der Waals surface area contributed by atoms with Crippen LogP contribution in [0.15, 0.2) is 42.5 Å². The smallest absolute Gasteiger partial charge is 0.132 e. The van der Waals surface area contributed by atoms with Gasteiger partial charge in [0.25, 0.3) is 0 Å². The normalized spacial score (nSPS) is 10.1. The van der Waals surface area contributed by atoms with Crippen molar-refractivity contribution in [3.63, 3.8) is 0 Å². The largest absolute Gasteiger partial charge is 0.545 e. The molecule has 0 unspecified atom stereocenters. The Kier molecular flexibility index (Phi) is 3.28. The first-order valence-corrected chi connectivity index (χ1v) is 5.27. The average molecular weight is 245 g/mol. The predicted molar refractivity (Wildman–Crippen MR) is 62.7 cm³/mol. The van der Waals surface area contributed by atoms with Gasteiger partial charge in [-0.3, -0.25) is 0 Å². The molecule has 0 amide bonds. The molecule has 0 aliphatic rings. The molecule has 2 aromatic carbocycles. The van der Waals surface area contributed by atoms with Gasteiger partial charge in [0.1, 0.15) is 11.6 Å². The Labute approximate surface area is 103 Å². The lowest BCUT2D eigenvalue weighted by Gasteiger charge is -2.08. The van der Waals surface area contributed by atoms with Crippen molar-refractivity contribution in [2.45, 2.75) is 0 Å². The standard InChI is InChI=1S/C14H11FO3/c1-18-11-4-2-3-9(7-11)10-5-6-12(14(16)17)13(15)8-10/h2-8H,1H3,(H,16,17)/p-1. The molecule has 0 spiro atoms. The molecule has 92 valence electrons. The number of methoxy groups -OCH3 is 1. The Morgan fingerprint density at radius 2 is 1.89 bits per heavy atom. The Morgan fingerprint density at radius 3 is 2.50 bits per heavy atom. The van der Waals surface area contributed by atoms with Gasteiger partial charge in [-0.2, -0.15) is 0 Å². The number of carboxylic acids is 1. The van der Waals surface area contributed by atoms with E-state index in [0.29, 0.717) is 11.3 Å². The zero-order valence-electron chi connectivity index (χ0n) is 9.64. The van der Waals surface area contributed by atoms with Crippen LogP contribution in [0.2, 0.25) is 0 Å². The maximum Gasteiger partial charge on any atom is 0.132 e. The molecule has 0 aliphatic heterocycles. The van der Waals surface area contributed by atoms with Gasteiger partial charge >= 0.3 is 0 Å². The Bertz CT molecular complexity index is 593. The molecule has 0 heterocycles. The molecule has 2 rings (SSSR count).